The minimum atomic E-state index is -0.901. The summed E-state index contributed by atoms with van der Waals surface area (Å²) in [5.74, 6) is -0.901. The van der Waals surface area contributed by atoms with Gasteiger partial charge in [0, 0.05) is 12.2 Å². The summed E-state index contributed by atoms with van der Waals surface area (Å²) in [4.78, 5) is 12.8. The molecule has 0 amide bonds. The number of nitrogen functional groups attached to an aromatic ring is 1. The SMILES string of the molecule is CC(C)n1ccc(CN(CC(=O)O)c2ccccc2N)n1. The highest BCUT2D eigenvalue weighted by molar-refractivity contribution is 5.77. The molecule has 0 bridgehead atoms. The van der Waals surface area contributed by atoms with E-state index < -0.39 is 5.97 Å². The summed E-state index contributed by atoms with van der Waals surface area (Å²) in [6, 6.07) is 9.41. The smallest absolute Gasteiger partial charge is 0.323 e. The van der Waals surface area contributed by atoms with Crippen LogP contribution in [0.3, 0.4) is 0 Å². The number of benzene rings is 1. The van der Waals surface area contributed by atoms with Crippen LogP contribution in [0.15, 0.2) is 36.5 Å². The predicted octanol–water partition coefficient (Wildman–Crippen LogP) is 2.14. The number of rotatable bonds is 6. The van der Waals surface area contributed by atoms with Gasteiger partial charge >= 0.3 is 5.97 Å². The monoisotopic (exact) mass is 288 g/mol. The number of aliphatic carboxylic acids is 1. The minimum Gasteiger partial charge on any atom is -0.480 e. The Morgan fingerprint density at radius 3 is 2.67 bits per heavy atom. The van der Waals surface area contributed by atoms with Crippen molar-refractivity contribution < 1.29 is 9.90 Å². The molecule has 2 aromatic rings. The van der Waals surface area contributed by atoms with Crippen molar-refractivity contribution in [2.24, 2.45) is 0 Å². The molecule has 21 heavy (non-hydrogen) atoms. The van der Waals surface area contributed by atoms with Gasteiger partial charge in [0.05, 0.1) is 23.6 Å². The Morgan fingerprint density at radius 1 is 1.38 bits per heavy atom. The van der Waals surface area contributed by atoms with Crippen molar-refractivity contribution in [1.82, 2.24) is 9.78 Å². The first-order chi connectivity index (χ1) is 9.97. The van der Waals surface area contributed by atoms with E-state index in [2.05, 4.69) is 5.10 Å². The number of carboxylic acids is 1. The Kier molecular flexibility index (Phi) is 4.47. The van der Waals surface area contributed by atoms with Crippen LogP contribution in [0.1, 0.15) is 25.6 Å². The van der Waals surface area contributed by atoms with Crippen LogP contribution in [0.4, 0.5) is 11.4 Å². The summed E-state index contributed by atoms with van der Waals surface area (Å²) < 4.78 is 1.85. The molecule has 2 rings (SSSR count). The van der Waals surface area contributed by atoms with Gasteiger partial charge in [0.1, 0.15) is 6.54 Å². The zero-order valence-corrected chi connectivity index (χ0v) is 12.2. The van der Waals surface area contributed by atoms with Crippen LogP contribution < -0.4 is 10.6 Å². The zero-order valence-electron chi connectivity index (χ0n) is 12.2. The lowest BCUT2D eigenvalue weighted by molar-refractivity contribution is -0.135. The van der Waals surface area contributed by atoms with Crippen molar-refractivity contribution in [3.63, 3.8) is 0 Å². The standard InChI is InChI=1S/C15H20N4O2/c1-11(2)19-8-7-12(17-19)9-18(10-15(20)21)14-6-4-3-5-13(14)16/h3-8,11H,9-10,16H2,1-2H3,(H,20,21). The molecule has 6 nitrogen and oxygen atoms in total. The first-order valence-electron chi connectivity index (χ1n) is 6.82. The van der Waals surface area contributed by atoms with Crippen LogP contribution in [-0.4, -0.2) is 27.4 Å². The molecule has 0 unspecified atom stereocenters. The van der Waals surface area contributed by atoms with Gasteiger partial charge in [-0.1, -0.05) is 12.1 Å². The number of para-hydroxylation sites is 2. The highest BCUT2D eigenvalue weighted by Gasteiger charge is 2.15. The predicted molar refractivity (Wildman–Crippen MR) is 82.2 cm³/mol. The number of hydrogen-bond acceptors (Lipinski definition) is 4. The lowest BCUT2D eigenvalue weighted by atomic mass is 10.2. The molecule has 0 fully saturated rings. The summed E-state index contributed by atoms with van der Waals surface area (Å²) in [5.41, 5.74) is 8.02. The number of carbonyl (C=O) groups is 1. The Morgan fingerprint density at radius 2 is 2.10 bits per heavy atom. The fourth-order valence-corrected chi connectivity index (χ4v) is 2.11. The average molecular weight is 288 g/mol. The maximum absolute atomic E-state index is 11.1. The zero-order chi connectivity index (χ0) is 15.4. The van der Waals surface area contributed by atoms with E-state index in [1.165, 1.54) is 0 Å². The van der Waals surface area contributed by atoms with Crippen LogP contribution in [-0.2, 0) is 11.3 Å². The number of nitrogens with zero attached hydrogens (tertiary/aromatic N) is 3. The average Bonchev–Trinajstić information content (AvgIpc) is 2.87. The molecule has 0 radical (unpaired) electrons. The van der Waals surface area contributed by atoms with Crippen molar-refractivity contribution >= 4 is 17.3 Å². The molecule has 6 heteroatoms. The van der Waals surface area contributed by atoms with E-state index in [1.54, 1.807) is 11.0 Å². The van der Waals surface area contributed by atoms with Gasteiger partial charge in [-0.15, -0.1) is 0 Å². The second kappa shape index (κ2) is 6.30. The fraction of sp³-hybridized carbons (Fsp3) is 0.333. The maximum Gasteiger partial charge on any atom is 0.323 e. The molecule has 0 atom stereocenters. The first-order valence-corrected chi connectivity index (χ1v) is 6.82. The lowest BCUT2D eigenvalue weighted by Gasteiger charge is -2.23. The Balaban J connectivity index is 2.24. The van der Waals surface area contributed by atoms with E-state index in [-0.39, 0.29) is 12.6 Å². The van der Waals surface area contributed by atoms with Crippen molar-refractivity contribution in [3.8, 4) is 0 Å². The number of aromatic nitrogens is 2. The largest absolute Gasteiger partial charge is 0.480 e. The van der Waals surface area contributed by atoms with E-state index in [4.69, 9.17) is 10.8 Å². The van der Waals surface area contributed by atoms with Gasteiger partial charge in [0.25, 0.3) is 0 Å². The summed E-state index contributed by atoms with van der Waals surface area (Å²) >= 11 is 0. The molecule has 0 spiro atoms. The van der Waals surface area contributed by atoms with Gasteiger partial charge in [-0.25, -0.2) is 0 Å². The summed E-state index contributed by atoms with van der Waals surface area (Å²) in [6.07, 6.45) is 1.90. The van der Waals surface area contributed by atoms with E-state index in [0.29, 0.717) is 17.9 Å². The van der Waals surface area contributed by atoms with Gasteiger partial charge < -0.3 is 15.7 Å². The van der Waals surface area contributed by atoms with Gasteiger partial charge in [-0.2, -0.15) is 5.10 Å². The van der Waals surface area contributed by atoms with Crippen molar-refractivity contribution in [2.75, 3.05) is 17.2 Å². The van der Waals surface area contributed by atoms with E-state index >= 15 is 0 Å². The fourth-order valence-electron chi connectivity index (χ4n) is 2.11. The van der Waals surface area contributed by atoms with Crippen molar-refractivity contribution in [3.05, 3.63) is 42.2 Å². The number of nitrogens with two attached hydrogens (primary N) is 1. The molecule has 0 aliphatic heterocycles. The van der Waals surface area contributed by atoms with E-state index in [1.807, 2.05) is 49.0 Å². The Hall–Kier alpha value is -2.50. The van der Waals surface area contributed by atoms with Crippen LogP contribution >= 0.6 is 0 Å². The molecule has 0 saturated heterocycles. The molecule has 1 heterocycles. The van der Waals surface area contributed by atoms with Gasteiger partial charge in [-0.3, -0.25) is 9.48 Å². The maximum atomic E-state index is 11.1. The minimum absolute atomic E-state index is 0.122. The second-order valence-electron chi connectivity index (χ2n) is 5.19. The van der Waals surface area contributed by atoms with Crippen LogP contribution in [0.5, 0.6) is 0 Å². The Labute approximate surface area is 123 Å². The normalized spacial score (nSPS) is 10.8. The Bertz CT molecular complexity index is 622. The number of anilines is 2. The number of carboxylic acid groups (broad SMARTS) is 1. The van der Waals surface area contributed by atoms with Gasteiger partial charge in [0.15, 0.2) is 0 Å². The molecule has 112 valence electrons. The van der Waals surface area contributed by atoms with Crippen LogP contribution in [0.25, 0.3) is 0 Å². The molecule has 0 aliphatic rings. The van der Waals surface area contributed by atoms with Gasteiger partial charge in [0.2, 0.25) is 0 Å². The lowest BCUT2D eigenvalue weighted by Crippen LogP contribution is -2.30. The first kappa shape index (κ1) is 14.9. The molecule has 0 saturated carbocycles. The molecular weight excluding hydrogens is 268 g/mol. The third-order valence-electron chi connectivity index (χ3n) is 3.15. The summed E-state index contributed by atoms with van der Waals surface area (Å²) in [7, 11) is 0. The molecule has 3 N–H and O–H groups in total. The number of hydrogen-bond donors (Lipinski definition) is 2. The highest BCUT2D eigenvalue weighted by atomic mass is 16.4. The third-order valence-corrected chi connectivity index (χ3v) is 3.15. The van der Waals surface area contributed by atoms with Gasteiger partial charge in [-0.05, 0) is 32.0 Å². The van der Waals surface area contributed by atoms with Crippen molar-refractivity contribution in [2.45, 2.75) is 26.4 Å². The van der Waals surface area contributed by atoms with Crippen LogP contribution in [0.2, 0.25) is 0 Å². The van der Waals surface area contributed by atoms with E-state index in [9.17, 15) is 4.79 Å². The highest BCUT2D eigenvalue weighted by Crippen LogP contribution is 2.24. The van der Waals surface area contributed by atoms with Crippen LogP contribution in [0, 0.1) is 0 Å². The van der Waals surface area contributed by atoms with Crippen molar-refractivity contribution in [1.29, 1.82) is 0 Å². The molecule has 1 aromatic carbocycles. The molecule has 1 aromatic heterocycles. The third kappa shape index (κ3) is 3.75. The topological polar surface area (TPSA) is 84.4 Å². The van der Waals surface area contributed by atoms with E-state index in [0.717, 1.165) is 5.69 Å². The quantitative estimate of drug-likeness (QED) is 0.795. The molecule has 0 aliphatic carbocycles. The molecular formula is C15H20N4O2. The second-order valence-corrected chi connectivity index (χ2v) is 5.19. The summed E-state index contributed by atoms with van der Waals surface area (Å²) in [6.45, 7) is 4.37. The summed E-state index contributed by atoms with van der Waals surface area (Å²) in [5, 5.41) is 13.6.